The summed E-state index contributed by atoms with van der Waals surface area (Å²) in [4.78, 5) is 23.4. The van der Waals surface area contributed by atoms with E-state index in [-0.39, 0.29) is 5.78 Å². The Bertz CT molecular complexity index is 882. The van der Waals surface area contributed by atoms with E-state index in [0.29, 0.717) is 28.9 Å². The van der Waals surface area contributed by atoms with Crippen molar-refractivity contribution in [3.63, 3.8) is 0 Å². The molecule has 116 valence electrons. The van der Waals surface area contributed by atoms with E-state index in [1.165, 1.54) is 6.92 Å². The molecule has 0 bridgehead atoms. The summed E-state index contributed by atoms with van der Waals surface area (Å²) in [7, 11) is 0. The zero-order valence-corrected chi connectivity index (χ0v) is 12.8. The van der Waals surface area contributed by atoms with Gasteiger partial charge in [0.25, 0.3) is 0 Å². The molecule has 2 aromatic carbocycles. The predicted octanol–water partition coefficient (Wildman–Crippen LogP) is 2.87. The van der Waals surface area contributed by atoms with Gasteiger partial charge < -0.3 is 4.74 Å². The molecule has 0 saturated carbocycles. The number of carbonyl (C=O) groups excluding carboxylic acids is 2. The number of aromatic nitrogens is 3. The summed E-state index contributed by atoms with van der Waals surface area (Å²) < 4.78 is 7.07. The monoisotopic (exact) mass is 309 g/mol. The topological polar surface area (TPSA) is 74.1 Å². The third-order valence-corrected chi connectivity index (χ3v) is 3.52. The Labute approximate surface area is 132 Å². The first-order valence-electron chi connectivity index (χ1n) is 7.25. The lowest BCUT2D eigenvalue weighted by Crippen LogP contribution is -2.08. The molecule has 0 N–H and O–H groups in total. The Morgan fingerprint density at radius 3 is 2.43 bits per heavy atom. The third-order valence-electron chi connectivity index (χ3n) is 3.52. The average Bonchev–Trinajstić information content (AvgIpc) is 2.97. The second-order valence-corrected chi connectivity index (χ2v) is 5.08. The summed E-state index contributed by atoms with van der Waals surface area (Å²) in [5.74, 6) is -0.127. The van der Waals surface area contributed by atoms with Gasteiger partial charge in [0.15, 0.2) is 5.78 Å². The van der Waals surface area contributed by atoms with Gasteiger partial charge in [0, 0.05) is 12.1 Å². The first-order valence-corrected chi connectivity index (χ1v) is 7.25. The fourth-order valence-corrected chi connectivity index (χ4v) is 2.26. The van der Waals surface area contributed by atoms with Gasteiger partial charge in [-0.15, -0.1) is 5.10 Å². The van der Waals surface area contributed by atoms with Gasteiger partial charge in [0.2, 0.25) is 0 Å². The van der Waals surface area contributed by atoms with Crippen molar-refractivity contribution in [2.45, 2.75) is 20.4 Å². The van der Waals surface area contributed by atoms with E-state index >= 15 is 0 Å². The molecule has 0 radical (unpaired) electrons. The Morgan fingerprint density at radius 1 is 1.09 bits per heavy atom. The number of aryl methyl sites for hydroxylation is 1. The van der Waals surface area contributed by atoms with Crippen molar-refractivity contribution >= 4 is 22.8 Å². The van der Waals surface area contributed by atoms with Crippen molar-refractivity contribution < 1.29 is 14.3 Å². The lowest BCUT2D eigenvalue weighted by atomic mass is 10.1. The lowest BCUT2D eigenvalue weighted by molar-refractivity contribution is 0.0735. The molecule has 0 spiro atoms. The molecule has 0 unspecified atom stereocenters. The standard InChI is InChI=1S/C17H15N3O3/c1-3-20-16-9-6-13(10-15(16)18-19-20)17(22)23-14-7-4-12(5-8-14)11(2)21/h4-10H,3H2,1-2H3. The first kappa shape index (κ1) is 14.9. The minimum Gasteiger partial charge on any atom is -0.423 e. The van der Waals surface area contributed by atoms with Crippen molar-refractivity contribution in [1.29, 1.82) is 0 Å². The fraction of sp³-hybridized carbons (Fsp3) is 0.176. The van der Waals surface area contributed by atoms with Gasteiger partial charge in [0.05, 0.1) is 11.1 Å². The molecule has 0 fully saturated rings. The van der Waals surface area contributed by atoms with Gasteiger partial charge in [-0.1, -0.05) is 5.21 Å². The highest BCUT2D eigenvalue weighted by molar-refractivity contribution is 5.95. The molecule has 3 aromatic rings. The third kappa shape index (κ3) is 2.96. The maximum Gasteiger partial charge on any atom is 0.343 e. The van der Waals surface area contributed by atoms with Crippen LogP contribution in [0.2, 0.25) is 0 Å². The smallest absolute Gasteiger partial charge is 0.343 e. The van der Waals surface area contributed by atoms with E-state index in [0.717, 1.165) is 5.52 Å². The van der Waals surface area contributed by atoms with Crippen LogP contribution in [-0.4, -0.2) is 26.7 Å². The van der Waals surface area contributed by atoms with Crippen LogP contribution in [0.15, 0.2) is 42.5 Å². The van der Waals surface area contributed by atoms with Gasteiger partial charge >= 0.3 is 5.97 Å². The maximum absolute atomic E-state index is 12.2. The molecule has 3 rings (SSSR count). The average molecular weight is 309 g/mol. The fourth-order valence-electron chi connectivity index (χ4n) is 2.26. The molecule has 0 aliphatic rings. The largest absolute Gasteiger partial charge is 0.423 e. The zero-order chi connectivity index (χ0) is 16.4. The number of nitrogens with zero attached hydrogens (tertiary/aromatic N) is 3. The second-order valence-electron chi connectivity index (χ2n) is 5.08. The molecular formula is C17H15N3O3. The number of benzene rings is 2. The second kappa shape index (κ2) is 6.00. The number of rotatable bonds is 4. The number of esters is 1. The molecular weight excluding hydrogens is 294 g/mol. The van der Waals surface area contributed by atoms with Crippen molar-refractivity contribution in [2.24, 2.45) is 0 Å². The van der Waals surface area contributed by atoms with Crippen LogP contribution in [-0.2, 0) is 6.54 Å². The Balaban J connectivity index is 1.81. The Kier molecular flexibility index (Phi) is 3.89. The maximum atomic E-state index is 12.2. The van der Waals surface area contributed by atoms with Crippen molar-refractivity contribution in [3.05, 3.63) is 53.6 Å². The zero-order valence-electron chi connectivity index (χ0n) is 12.8. The number of ether oxygens (including phenoxy) is 1. The molecule has 0 aliphatic carbocycles. The van der Waals surface area contributed by atoms with Crippen LogP contribution < -0.4 is 4.74 Å². The van der Waals surface area contributed by atoms with Crippen LogP contribution in [0.1, 0.15) is 34.6 Å². The van der Waals surface area contributed by atoms with Crippen molar-refractivity contribution in [3.8, 4) is 5.75 Å². The normalized spacial score (nSPS) is 10.7. The summed E-state index contributed by atoms with van der Waals surface area (Å²) >= 11 is 0. The van der Waals surface area contributed by atoms with Crippen LogP contribution in [0, 0.1) is 0 Å². The van der Waals surface area contributed by atoms with Crippen LogP contribution >= 0.6 is 0 Å². The van der Waals surface area contributed by atoms with Gasteiger partial charge in [-0.3, -0.25) is 4.79 Å². The molecule has 0 amide bonds. The molecule has 6 heteroatoms. The highest BCUT2D eigenvalue weighted by Gasteiger charge is 2.12. The summed E-state index contributed by atoms with van der Waals surface area (Å²) in [6, 6.07) is 11.6. The number of ketones is 1. The molecule has 1 aromatic heterocycles. The molecule has 0 aliphatic heterocycles. The molecule has 6 nitrogen and oxygen atoms in total. The summed E-state index contributed by atoms with van der Waals surface area (Å²) in [6.07, 6.45) is 0. The lowest BCUT2D eigenvalue weighted by Gasteiger charge is -2.05. The van der Waals surface area contributed by atoms with Crippen molar-refractivity contribution in [2.75, 3.05) is 0 Å². The van der Waals surface area contributed by atoms with E-state index in [1.54, 1.807) is 47.1 Å². The van der Waals surface area contributed by atoms with Gasteiger partial charge in [-0.05, 0) is 56.3 Å². The number of hydrogen-bond donors (Lipinski definition) is 0. The summed E-state index contributed by atoms with van der Waals surface area (Å²) in [5.41, 5.74) is 2.49. The van der Waals surface area contributed by atoms with Crippen LogP contribution in [0.25, 0.3) is 11.0 Å². The molecule has 0 atom stereocenters. The van der Waals surface area contributed by atoms with E-state index in [1.807, 2.05) is 6.92 Å². The van der Waals surface area contributed by atoms with Gasteiger partial charge in [-0.25, -0.2) is 9.48 Å². The summed E-state index contributed by atoms with van der Waals surface area (Å²) in [5, 5.41) is 8.05. The molecule has 0 saturated heterocycles. The highest BCUT2D eigenvalue weighted by Crippen LogP contribution is 2.17. The predicted molar refractivity (Wildman–Crippen MR) is 84.6 cm³/mol. The highest BCUT2D eigenvalue weighted by atomic mass is 16.5. The first-order chi connectivity index (χ1) is 11.1. The molecule has 23 heavy (non-hydrogen) atoms. The number of Topliss-reactive ketones (excluding diaryl/α,β-unsaturated/α-hetero) is 1. The van der Waals surface area contributed by atoms with Gasteiger partial charge in [0.1, 0.15) is 11.3 Å². The number of hydrogen-bond acceptors (Lipinski definition) is 5. The quantitative estimate of drug-likeness (QED) is 0.421. The minimum atomic E-state index is -0.478. The van der Waals surface area contributed by atoms with Crippen molar-refractivity contribution in [1.82, 2.24) is 15.0 Å². The molecule has 1 heterocycles. The van der Waals surface area contributed by atoms with Gasteiger partial charge in [-0.2, -0.15) is 0 Å². The minimum absolute atomic E-state index is 0.0349. The number of carbonyl (C=O) groups is 2. The van der Waals surface area contributed by atoms with Crippen LogP contribution in [0.4, 0.5) is 0 Å². The Hall–Kier alpha value is -3.02. The number of fused-ring (bicyclic) bond motifs is 1. The van der Waals surface area contributed by atoms with Crippen LogP contribution in [0.3, 0.4) is 0 Å². The van der Waals surface area contributed by atoms with E-state index in [9.17, 15) is 9.59 Å². The summed E-state index contributed by atoms with van der Waals surface area (Å²) in [6.45, 7) is 4.17. The van der Waals surface area contributed by atoms with E-state index in [2.05, 4.69) is 10.3 Å². The van der Waals surface area contributed by atoms with Crippen LogP contribution in [0.5, 0.6) is 5.75 Å². The Morgan fingerprint density at radius 2 is 1.78 bits per heavy atom. The van der Waals surface area contributed by atoms with E-state index in [4.69, 9.17) is 4.74 Å². The van der Waals surface area contributed by atoms with E-state index < -0.39 is 5.97 Å². The SMILES string of the molecule is CCn1nnc2cc(C(=O)Oc3ccc(C(C)=O)cc3)ccc21.